The fourth-order valence-corrected chi connectivity index (χ4v) is 2.68. The fourth-order valence-electron chi connectivity index (χ4n) is 2.30. The second-order valence-electron chi connectivity index (χ2n) is 4.66. The van der Waals surface area contributed by atoms with Gasteiger partial charge < -0.3 is 5.32 Å². The molecule has 0 aliphatic carbocycles. The second-order valence-corrected chi connectivity index (χ2v) is 5.58. The molecule has 1 unspecified atom stereocenters. The molecule has 0 radical (unpaired) electrons. The molecule has 2 N–H and O–H groups in total. The molecule has 0 saturated heterocycles. The van der Waals surface area contributed by atoms with Crippen molar-refractivity contribution in [3.05, 3.63) is 63.9 Å². The number of anilines is 1. The maximum atomic E-state index is 13.1. The van der Waals surface area contributed by atoms with Crippen molar-refractivity contribution in [2.45, 2.75) is 12.6 Å². The summed E-state index contributed by atoms with van der Waals surface area (Å²) in [6.45, 7) is 0.432. The molecule has 1 heterocycles. The SMILES string of the molecule is O=C1Nc2ccc(Br)cc2C1NCc1cccc(F)c1. The van der Waals surface area contributed by atoms with Gasteiger partial charge in [-0.2, -0.15) is 0 Å². The third kappa shape index (κ3) is 2.59. The first-order valence-electron chi connectivity index (χ1n) is 6.21. The van der Waals surface area contributed by atoms with Gasteiger partial charge in [0.2, 0.25) is 5.91 Å². The van der Waals surface area contributed by atoms with E-state index in [1.165, 1.54) is 12.1 Å². The van der Waals surface area contributed by atoms with Gasteiger partial charge in [-0.1, -0.05) is 28.1 Å². The third-order valence-electron chi connectivity index (χ3n) is 3.24. The minimum absolute atomic E-state index is 0.0884. The summed E-state index contributed by atoms with van der Waals surface area (Å²) in [5.74, 6) is -0.363. The molecule has 20 heavy (non-hydrogen) atoms. The molecule has 0 fully saturated rings. The molecule has 0 spiro atoms. The lowest BCUT2D eigenvalue weighted by Crippen LogP contribution is -2.27. The van der Waals surface area contributed by atoms with Crippen molar-refractivity contribution >= 4 is 27.5 Å². The number of rotatable bonds is 3. The highest BCUT2D eigenvalue weighted by Gasteiger charge is 2.29. The van der Waals surface area contributed by atoms with Crippen LogP contribution in [-0.2, 0) is 11.3 Å². The van der Waals surface area contributed by atoms with Crippen LogP contribution in [-0.4, -0.2) is 5.91 Å². The van der Waals surface area contributed by atoms with E-state index >= 15 is 0 Å². The van der Waals surface area contributed by atoms with Gasteiger partial charge in [-0.25, -0.2) is 4.39 Å². The lowest BCUT2D eigenvalue weighted by atomic mass is 10.1. The summed E-state index contributed by atoms with van der Waals surface area (Å²) in [7, 11) is 0. The number of amides is 1. The van der Waals surface area contributed by atoms with Crippen LogP contribution >= 0.6 is 15.9 Å². The number of carbonyl (C=O) groups is 1. The Balaban J connectivity index is 1.78. The fraction of sp³-hybridized carbons (Fsp3) is 0.133. The zero-order chi connectivity index (χ0) is 14.1. The molecule has 3 nitrogen and oxygen atoms in total. The normalized spacial score (nSPS) is 16.9. The molecule has 1 atom stereocenters. The maximum absolute atomic E-state index is 13.1. The molecule has 1 aliphatic heterocycles. The summed E-state index contributed by atoms with van der Waals surface area (Å²) in [4.78, 5) is 12.0. The second kappa shape index (κ2) is 5.34. The van der Waals surface area contributed by atoms with Gasteiger partial charge in [0.1, 0.15) is 11.9 Å². The molecular formula is C15H12BrFN2O. The number of fused-ring (bicyclic) bond motifs is 1. The average molecular weight is 335 g/mol. The van der Waals surface area contributed by atoms with Crippen molar-refractivity contribution in [3.63, 3.8) is 0 Å². The monoisotopic (exact) mass is 334 g/mol. The van der Waals surface area contributed by atoms with Gasteiger partial charge in [0.15, 0.2) is 0 Å². The highest BCUT2D eigenvalue weighted by atomic mass is 79.9. The molecule has 0 aromatic heterocycles. The summed E-state index contributed by atoms with van der Waals surface area (Å²) in [5.41, 5.74) is 2.52. The smallest absolute Gasteiger partial charge is 0.246 e. The zero-order valence-corrected chi connectivity index (χ0v) is 12.1. The summed E-state index contributed by atoms with van der Waals surface area (Å²) in [6, 6.07) is 11.6. The van der Waals surface area contributed by atoms with E-state index in [4.69, 9.17) is 0 Å². The van der Waals surface area contributed by atoms with Crippen LogP contribution in [0.4, 0.5) is 10.1 Å². The molecular weight excluding hydrogens is 323 g/mol. The van der Waals surface area contributed by atoms with Gasteiger partial charge >= 0.3 is 0 Å². The van der Waals surface area contributed by atoms with Crippen molar-refractivity contribution in [2.24, 2.45) is 0 Å². The van der Waals surface area contributed by atoms with E-state index < -0.39 is 6.04 Å². The lowest BCUT2D eigenvalue weighted by molar-refractivity contribution is -0.117. The number of carbonyl (C=O) groups excluding carboxylic acids is 1. The number of benzene rings is 2. The molecule has 102 valence electrons. The van der Waals surface area contributed by atoms with Gasteiger partial charge in [0.05, 0.1) is 0 Å². The minimum Gasteiger partial charge on any atom is -0.324 e. The van der Waals surface area contributed by atoms with E-state index in [1.54, 1.807) is 6.07 Å². The van der Waals surface area contributed by atoms with Crippen LogP contribution in [0.5, 0.6) is 0 Å². The van der Waals surface area contributed by atoms with Gasteiger partial charge in [-0.05, 0) is 35.9 Å². The predicted octanol–water partition coefficient (Wildman–Crippen LogP) is 3.37. The number of halogens is 2. The van der Waals surface area contributed by atoms with E-state index in [1.807, 2.05) is 24.3 Å². The molecule has 0 saturated carbocycles. The van der Waals surface area contributed by atoms with Crippen molar-refractivity contribution in [2.75, 3.05) is 5.32 Å². The minimum atomic E-state index is -0.411. The standard InChI is InChI=1S/C15H12BrFN2O/c16-10-4-5-13-12(7-10)14(15(20)19-13)18-8-9-2-1-3-11(17)6-9/h1-7,14,18H,8H2,(H,19,20). The Morgan fingerprint density at radius 3 is 2.90 bits per heavy atom. The summed E-state index contributed by atoms with van der Waals surface area (Å²) in [5, 5.41) is 5.98. The van der Waals surface area contributed by atoms with Crippen LogP contribution in [0.2, 0.25) is 0 Å². The van der Waals surface area contributed by atoms with Gasteiger partial charge in [-0.3, -0.25) is 10.1 Å². The molecule has 5 heteroatoms. The van der Waals surface area contributed by atoms with Crippen molar-refractivity contribution in [1.29, 1.82) is 0 Å². The Kier molecular flexibility index (Phi) is 3.54. The van der Waals surface area contributed by atoms with E-state index in [2.05, 4.69) is 26.6 Å². The van der Waals surface area contributed by atoms with Crippen molar-refractivity contribution in [3.8, 4) is 0 Å². The molecule has 2 aromatic rings. The van der Waals surface area contributed by atoms with Crippen LogP contribution in [0.3, 0.4) is 0 Å². The molecule has 1 amide bonds. The quantitative estimate of drug-likeness (QED) is 0.903. The Bertz CT molecular complexity index is 675. The topological polar surface area (TPSA) is 41.1 Å². The van der Waals surface area contributed by atoms with E-state index in [0.29, 0.717) is 6.54 Å². The van der Waals surface area contributed by atoms with Gasteiger partial charge in [0, 0.05) is 22.3 Å². The van der Waals surface area contributed by atoms with Crippen molar-refractivity contribution in [1.82, 2.24) is 5.32 Å². The zero-order valence-electron chi connectivity index (χ0n) is 10.5. The first-order valence-corrected chi connectivity index (χ1v) is 7.01. The molecule has 0 bridgehead atoms. The Hall–Kier alpha value is -1.72. The number of nitrogens with one attached hydrogen (secondary N) is 2. The highest BCUT2D eigenvalue weighted by molar-refractivity contribution is 9.10. The number of hydrogen-bond donors (Lipinski definition) is 2. The number of hydrogen-bond acceptors (Lipinski definition) is 2. The van der Waals surface area contributed by atoms with E-state index in [9.17, 15) is 9.18 Å². The first-order chi connectivity index (χ1) is 9.63. The average Bonchev–Trinajstić information content (AvgIpc) is 2.72. The summed E-state index contributed by atoms with van der Waals surface area (Å²) in [6.07, 6.45) is 0. The van der Waals surface area contributed by atoms with Crippen LogP contribution < -0.4 is 10.6 Å². The summed E-state index contributed by atoms with van der Waals surface area (Å²) >= 11 is 3.40. The Labute approximate surface area is 124 Å². The van der Waals surface area contributed by atoms with Crippen LogP contribution in [0, 0.1) is 5.82 Å². The van der Waals surface area contributed by atoms with E-state index in [-0.39, 0.29) is 11.7 Å². The highest BCUT2D eigenvalue weighted by Crippen LogP contribution is 2.33. The van der Waals surface area contributed by atoms with Crippen molar-refractivity contribution < 1.29 is 9.18 Å². The Morgan fingerprint density at radius 1 is 1.25 bits per heavy atom. The Morgan fingerprint density at radius 2 is 2.10 bits per heavy atom. The molecule has 1 aliphatic rings. The van der Waals surface area contributed by atoms with Crippen LogP contribution in [0.15, 0.2) is 46.9 Å². The van der Waals surface area contributed by atoms with Gasteiger partial charge in [0.25, 0.3) is 0 Å². The maximum Gasteiger partial charge on any atom is 0.246 e. The molecule has 3 rings (SSSR count). The largest absolute Gasteiger partial charge is 0.324 e. The summed E-state index contributed by atoms with van der Waals surface area (Å²) < 4.78 is 14.0. The lowest BCUT2D eigenvalue weighted by Gasteiger charge is -2.11. The van der Waals surface area contributed by atoms with Gasteiger partial charge in [-0.15, -0.1) is 0 Å². The van der Waals surface area contributed by atoms with Crippen LogP contribution in [0.1, 0.15) is 17.2 Å². The third-order valence-corrected chi connectivity index (χ3v) is 3.74. The predicted molar refractivity (Wildman–Crippen MR) is 78.8 cm³/mol. The van der Waals surface area contributed by atoms with Crippen LogP contribution in [0.25, 0.3) is 0 Å². The molecule has 2 aromatic carbocycles. The van der Waals surface area contributed by atoms with E-state index in [0.717, 1.165) is 21.3 Å². The first kappa shape index (κ1) is 13.3.